The fourth-order valence-electron chi connectivity index (χ4n) is 2.81. The molecule has 0 saturated carbocycles. The van der Waals surface area contributed by atoms with Crippen LogP contribution in [0.1, 0.15) is 6.42 Å². The summed E-state index contributed by atoms with van der Waals surface area (Å²) in [5, 5.41) is 23.1. The van der Waals surface area contributed by atoms with Gasteiger partial charge in [0.1, 0.15) is 5.65 Å². The van der Waals surface area contributed by atoms with Gasteiger partial charge in [-0.25, -0.2) is 9.78 Å². The number of anilines is 2. The minimum atomic E-state index is -1.01. The molecule has 0 spiro atoms. The van der Waals surface area contributed by atoms with Gasteiger partial charge in [-0.1, -0.05) is 0 Å². The van der Waals surface area contributed by atoms with E-state index in [0.29, 0.717) is 25.5 Å². The lowest BCUT2D eigenvalue weighted by molar-refractivity contribution is 0.194. The van der Waals surface area contributed by atoms with Gasteiger partial charge in [0.25, 0.3) is 0 Å². The summed E-state index contributed by atoms with van der Waals surface area (Å²) in [6.45, 7) is 1.07. The van der Waals surface area contributed by atoms with Crippen LogP contribution in [0.25, 0.3) is 21.9 Å². The van der Waals surface area contributed by atoms with Crippen LogP contribution in [0.3, 0.4) is 0 Å². The van der Waals surface area contributed by atoms with E-state index < -0.39 is 6.09 Å². The van der Waals surface area contributed by atoms with Crippen LogP contribution in [0.15, 0.2) is 42.9 Å². The predicted octanol–water partition coefficient (Wildman–Crippen LogP) is 2.71. The standard InChI is InChI=1S/C17H17N7O2/c25-17(26)18-5-1-6-24-7-4-11-9-19-16(22-15(11)24)21-13-2-3-14-12(8-13)10-20-23-14/h2-4,7-10,18H,1,5-6H2,(H,20,23)(H,25,26)(H,19,21,22). The molecular weight excluding hydrogens is 334 g/mol. The first-order valence-electron chi connectivity index (χ1n) is 8.18. The van der Waals surface area contributed by atoms with Crippen molar-refractivity contribution in [3.8, 4) is 0 Å². The van der Waals surface area contributed by atoms with E-state index in [4.69, 9.17) is 5.11 Å². The number of nitrogens with one attached hydrogen (secondary N) is 3. The monoisotopic (exact) mass is 351 g/mol. The van der Waals surface area contributed by atoms with Crippen molar-refractivity contribution < 1.29 is 9.90 Å². The zero-order valence-electron chi connectivity index (χ0n) is 13.8. The summed E-state index contributed by atoms with van der Waals surface area (Å²) < 4.78 is 1.99. The molecule has 132 valence electrons. The SMILES string of the molecule is O=C(O)NCCCn1ccc2cnc(Nc3ccc4[nH]ncc4c3)nc21. The number of aryl methyl sites for hydroxylation is 1. The second-order valence-corrected chi connectivity index (χ2v) is 5.86. The molecule has 4 N–H and O–H groups in total. The molecule has 4 aromatic rings. The van der Waals surface area contributed by atoms with E-state index in [1.807, 2.05) is 35.0 Å². The molecule has 3 heterocycles. The lowest BCUT2D eigenvalue weighted by atomic mass is 10.2. The van der Waals surface area contributed by atoms with Gasteiger partial charge in [-0.15, -0.1) is 0 Å². The summed E-state index contributed by atoms with van der Waals surface area (Å²) in [5.74, 6) is 0.504. The quantitative estimate of drug-likeness (QED) is 0.396. The number of nitrogens with zero attached hydrogens (tertiary/aromatic N) is 4. The summed E-state index contributed by atoms with van der Waals surface area (Å²) in [4.78, 5) is 19.4. The molecule has 0 atom stereocenters. The fraction of sp³-hybridized carbons (Fsp3) is 0.176. The molecule has 26 heavy (non-hydrogen) atoms. The van der Waals surface area contributed by atoms with E-state index >= 15 is 0 Å². The highest BCUT2D eigenvalue weighted by atomic mass is 16.4. The van der Waals surface area contributed by atoms with E-state index in [0.717, 1.165) is 27.6 Å². The number of aromatic amines is 1. The molecule has 0 aliphatic heterocycles. The third-order valence-corrected chi connectivity index (χ3v) is 4.05. The minimum Gasteiger partial charge on any atom is -0.465 e. The van der Waals surface area contributed by atoms with E-state index in [9.17, 15) is 4.79 Å². The van der Waals surface area contributed by atoms with Gasteiger partial charge >= 0.3 is 6.09 Å². The largest absolute Gasteiger partial charge is 0.465 e. The number of H-pyrrole nitrogens is 1. The number of rotatable bonds is 6. The topological polar surface area (TPSA) is 121 Å². The molecule has 4 rings (SSSR count). The summed E-state index contributed by atoms with van der Waals surface area (Å²) in [7, 11) is 0. The van der Waals surface area contributed by atoms with Gasteiger partial charge in [0.2, 0.25) is 5.95 Å². The van der Waals surface area contributed by atoms with Gasteiger partial charge in [0.15, 0.2) is 0 Å². The Morgan fingerprint density at radius 2 is 2.15 bits per heavy atom. The molecule has 3 aromatic heterocycles. The average molecular weight is 351 g/mol. The molecule has 1 amide bonds. The van der Waals surface area contributed by atoms with Crippen molar-refractivity contribution >= 4 is 39.7 Å². The summed E-state index contributed by atoms with van der Waals surface area (Å²) in [5.41, 5.74) is 2.65. The first-order chi connectivity index (χ1) is 12.7. The Morgan fingerprint density at radius 3 is 3.04 bits per heavy atom. The Morgan fingerprint density at radius 1 is 1.23 bits per heavy atom. The van der Waals surface area contributed by atoms with Crippen LogP contribution in [0.4, 0.5) is 16.4 Å². The molecule has 9 heteroatoms. The average Bonchev–Trinajstić information content (AvgIpc) is 3.25. The number of fused-ring (bicyclic) bond motifs is 2. The minimum absolute atomic E-state index is 0.399. The van der Waals surface area contributed by atoms with Crippen LogP contribution in [0.5, 0.6) is 0 Å². The second-order valence-electron chi connectivity index (χ2n) is 5.86. The highest BCUT2D eigenvalue weighted by Crippen LogP contribution is 2.21. The number of hydrogen-bond acceptors (Lipinski definition) is 5. The van der Waals surface area contributed by atoms with Gasteiger partial charge in [-0.05, 0) is 30.7 Å². The van der Waals surface area contributed by atoms with Crippen LogP contribution in [0, 0.1) is 0 Å². The molecule has 0 saturated heterocycles. The highest BCUT2D eigenvalue weighted by Gasteiger charge is 2.07. The zero-order valence-corrected chi connectivity index (χ0v) is 13.8. The maximum atomic E-state index is 10.5. The van der Waals surface area contributed by atoms with Gasteiger partial charge in [-0.2, -0.15) is 10.1 Å². The van der Waals surface area contributed by atoms with Crippen molar-refractivity contribution in [2.24, 2.45) is 0 Å². The van der Waals surface area contributed by atoms with Gasteiger partial charge in [0, 0.05) is 41.9 Å². The van der Waals surface area contributed by atoms with Crippen molar-refractivity contribution in [1.29, 1.82) is 0 Å². The maximum absolute atomic E-state index is 10.5. The van der Waals surface area contributed by atoms with Crippen LogP contribution in [-0.2, 0) is 6.54 Å². The van der Waals surface area contributed by atoms with Crippen molar-refractivity contribution in [1.82, 2.24) is 30.0 Å². The summed E-state index contributed by atoms with van der Waals surface area (Å²) >= 11 is 0. The predicted molar refractivity (Wildman–Crippen MR) is 97.5 cm³/mol. The number of amides is 1. The Bertz CT molecular complexity index is 1070. The van der Waals surface area contributed by atoms with E-state index in [1.54, 1.807) is 12.4 Å². The number of carbonyl (C=O) groups is 1. The van der Waals surface area contributed by atoms with Crippen molar-refractivity contribution in [3.05, 3.63) is 42.9 Å². The molecule has 1 aromatic carbocycles. The summed E-state index contributed by atoms with van der Waals surface area (Å²) in [6, 6.07) is 7.80. The normalized spacial score (nSPS) is 11.1. The van der Waals surface area contributed by atoms with Crippen LogP contribution in [0.2, 0.25) is 0 Å². The Hall–Kier alpha value is -3.62. The molecule has 9 nitrogen and oxygen atoms in total. The third kappa shape index (κ3) is 3.27. The van der Waals surface area contributed by atoms with E-state index in [1.165, 1.54) is 0 Å². The molecular formula is C17H17N7O2. The second kappa shape index (κ2) is 6.71. The summed E-state index contributed by atoms with van der Waals surface area (Å²) in [6.07, 6.45) is 5.14. The Labute approximate surface area is 148 Å². The molecule has 0 unspecified atom stereocenters. The molecule has 0 fully saturated rings. The first-order valence-corrected chi connectivity index (χ1v) is 8.18. The number of hydrogen-bond donors (Lipinski definition) is 4. The van der Waals surface area contributed by atoms with Gasteiger partial charge in [-0.3, -0.25) is 5.10 Å². The number of aromatic nitrogens is 5. The molecule has 0 bridgehead atoms. The van der Waals surface area contributed by atoms with Crippen molar-refractivity contribution in [2.45, 2.75) is 13.0 Å². The van der Waals surface area contributed by atoms with E-state index in [-0.39, 0.29) is 0 Å². The van der Waals surface area contributed by atoms with Gasteiger partial charge in [0.05, 0.1) is 11.7 Å². The van der Waals surface area contributed by atoms with Crippen molar-refractivity contribution in [2.75, 3.05) is 11.9 Å². The smallest absolute Gasteiger partial charge is 0.404 e. The highest BCUT2D eigenvalue weighted by molar-refractivity contribution is 5.83. The Kier molecular flexibility index (Phi) is 4.10. The first kappa shape index (κ1) is 15.9. The van der Waals surface area contributed by atoms with Crippen LogP contribution < -0.4 is 10.6 Å². The zero-order chi connectivity index (χ0) is 17.9. The van der Waals surface area contributed by atoms with Gasteiger partial charge < -0.3 is 20.3 Å². The molecule has 0 aliphatic carbocycles. The number of benzene rings is 1. The fourth-order valence-corrected chi connectivity index (χ4v) is 2.81. The van der Waals surface area contributed by atoms with Crippen molar-refractivity contribution in [3.63, 3.8) is 0 Å². The van der Waals surface area contributed by atoms with Crippen LogP contribution >= 0.6 is 0 Å². The lowest BCUT2D eigenvalue weighted by Crippen LogP contribution is -2.22. The molecule has 0 aliphatic rings. The van der Waals surface area contributed by atoms with Crippen LogP contribution in [-0.4, -0.2) is 42.5 Å². The van der Waals surface area contributed by atoms with E-state index in [2.05, 4.69) is 30.8 Å². The molecule has 0 radical (unpaired) electrons. The third-order valence-electron chi connectivity index (χ3n) is 4.05. The Balaban J connectivity index is 1.52. The lowest BCUT2D eigenvalue weighted by Gasteiger charge is -2.07. The number of carboxylic acid groups (broad SMARTS) is 1. The maximum Gasteiger partial charge on any atom is 0.404 e.